The van der Waals surface area contributed by atoms with Crippen LogP contribution in [0.2, 0.25) is 0 Å². The SMILES string of the molecule is CC(C)=C=CN(c1ccccc1)S(=O)(=O)c1ccc(C)cc1. The molecular formula is C18H19NO2S. The molecule has 0 spiro atoms. The summed E-state index contributed by atoms with van der Waals surface area (Å²) in [4.78, 5) is 0.258. The Morgan fingerprint density at radius 2 is 1.59 bits per heavy atom. The topological polar surface area (TPSA) is 37.4 Å². The quantitative estimate of drug-likeness (QED) is 0.791. The first-order valence-corrected chi connectivity index (χ1v) is 8.41. The maximum Gasteiger partial charge on any atom is 0.268 e. The highest BCUT2D eigenvalue weighted by molar-refractivity contribution is 7.93. The van der Waals surface area contributed by atoms with E-state index in [1.807, 2.05) is 39.0 Å². The summed E-state index contributed by atoms with van der Waals surface area (Å²) < 4.78 is 27.1. The van der Waals surface area contributed by atoms with Crippen LogP contribution in [0.3, 0.4) is 0 Å². The number of para-hydroxylation sites is 1. The van der Waals surface area contributed by atoms with Crippen molar-refractivity contribution >= 4 is 15.7 Å². The molecule has 2 aromatic carbocycles. The smallest absolute Gasteiger partial charge is 0.234 e. The minimum atomic E-state index is -3.66. The molecule has 0 atom stereocenters. The van der Waals surface area contributed by atoms with Gasteiger partial charge in [0.05, 0.1) is 16.8 Å². The van der Waals surface area contributed by atoms with E-state index in [1.54, 1.807) is 36.4 Å². The number of aryl methyl sites for hydroxylation is 1. The van der Waals surface area contributed by atoms with E-state index in [9.17, 15) is 8.42 Å². The van der Waals surface area contributed by atoms with E-state index in [-0.39, 0.29) is 4.90 Å². The van der Waals surface area contributed by atoms with E-state index in [4.69, 9.17) is 0 Å². The molecule has 0 saturated heterocycles. The summed E-state index contributed by atoms with van der Waals surface area (Å²) in [5.74, 6) is 0. The second kappa shape index (κ2) is 6.65. The largest absolute Gasteiger partial charge is 0.268 e. The standard InChI is InChI=1S/C18H19NO2S/c1-15(2)13-14-19(17-7-5-4-6-8-17)22(20,21)18-11-9-16(3)10-12-18/h4-12,14H,1-3H3. The summed E-state index contributed by atoms with van der Waals surface area (Å²) in [7, 11) is -3.66. The summed E-state index contributed by atoms with van der Waals surface area (Å²) >= 11 is 0. The zero-order chi connectivity index (χ0) is 16.2. The molecule has 0 heterocycles. The van der Waals surface area contributed by atoms with Crippen molar-refractivity contribution < 1.29 is 8.42 Å². The van der Waals surface area contributed by atoms with Gasteiger partial charge in [0.15, 0.2) is 0 Å². The molecule has 0 N–H and O–H groups in total. The molecule has 0 aromatic heterocycles. The number of benzene rings is 2. The Labute approximate surface area is 132 Å². The van der Waals surface area contributed by atoms with Gasteiger partial charge in [0.2, 0.25) is 0 Å². The highest BCUT2D eigenvalue weighted by Crippen LogP contribution is 2.24. The van der Waals surface area contributed by atoms with Crippen molar-refractivity contribution in [2.24, 2.45) is 0 Å². The van der Waals surface area contributed by atoms with Crippen LogP contribution < -0.4 is 4.31 Å². The first-order valence-electron chi connectivity index (χ1n) is 6.97. The van der Waals surface area contributed by atoms with Crippen molar-refractivity contribution in [1.82, 2.24) is 0 Å². The van der Waals surface area contributed by atoms with Crippen LogP contribution in [-0.4, -0.2) is 8.42 Å². The molecule has 0 saturated carbocycles. The average molecular weight is 313 g/mol. The number of hydrogen-bond acceptors (Lipinski definition) is 2. The average Bonchev–Trinajstić information content (AvgIpc) is 2.48. The molecule has 0 bridgehead atoms. The molecule has 0 radical (unpaired) electrons. The minimum Gasteiger partial charge on any atom is -0.234 e. The molecule has 22 heavy (non-hydrogen) atoms. The first-order chi connectivity index (χ1) is 10.4. The third-order valence-electron chi connectivity index (χ3n) is 3.06. The fraction of sp³-hybridized carbons (Fsp3) is 0.167. The van der Waals surface area contributed by atoms with Crippen molar-refractivity contribution in [3.05, 3.63) is 77.7 Å². The number of nitrogens with zero attached hydrogens (tertiary/aromatic N) is 1. The van der Waals surface area contributed by atoms with E-state index in [2.05, 4.69) is 5.73 Å². The lowest BCUT2D eigenvalue weighted by Gasteiger charge is -2.19. The zero-order valence-electron chi connectivity index (χ0n) is 12.9. The molecule has 0 aliphatic heterocycles. The molecule has 114 valence electrons. The van der Waals surface area contributed by atoms with Crippen molar-refractivity contribution in [3.63, 3.8) is 0 Å². The second-order valence-corrected chi connectivity index (χ2v) is 7.04. The van der Waals surface area contributed by atoms with Crippen molar-refractivity contribution in [2.75, 3.05) is 4.31 Å². The summed E-state index contributed by atoms with van der Waals surface area (Å²) in [6, 6.07) is 15.8. The van der Waals surface area contributed by atoms with Crippen LogP contribution in [0.4, 0.5) is 5.69 Å². The van der Waals surface area contributed by atoms with Gasteiger partial charge in [-0.3, -0.25) is 0 Å². The predicted octanol–water partition coefficient (Wildman–Crippen LogP) is 4.27. The van der Waals surface area contributed by atoms with Crippen LogP contribution >= 0.6 is 0 Å². The molecule has 0 amide bonds. The van der Waals surface area contributed by atoms with Crippen molar-refractivity contribution in [2.45, 2.75) is 25.7 Å². The van der Waals surface area contributed by atoms with E-state index < -0.39 is 10.0 Å². The van der Waals surface area contributed by atoms with Crippen LogP contribution in [0, 0.1) is 6.92 Å². The Morgan fingerprint density at radius 1 is 1.00 bits per heavy atom. The van der Waals surface area contributed by atoms with Gasteiger partial charge in [-0.05, 0) is 50.6 Å². The van der Waals surface area contributed by atoms with E-state index in [0.29, 0.717) is 5.69 Å². The lowest BCUT2D eigenvalue weighted by Crippen LogP contribution is -2.25. The first kappa shape index (κ1) is 16.1. The zero-order valence-corrected chi connectivity index (χ0v) is 13.8. The highest BCUT2D eigenvalue weighted by Gasteiger charge is 2.22. The Morgan fingerprint density at radius 3 is 2.14 bits per heavy atom. The number of sulfonamides is 1. The third kappa shape index (κ3) is 3.67. The maximum absolute atomic E-state index is 12.9. The molecule has 0 aliphatic carbocycles. The normalized spacial score (nSPS) is 10.7. The number of anilines is 1. The third-order valence-corrected chi connectivity index (χ3v) is 4.76. The summed E-state index contributed by atoms with van der Waals surface area (Å²) in [5.41, 5.74) is 5.47. The van der Waals surface area contributed by atoms with Gasteiger partial charge in [0.25, 0.3) is 10.0 Å². The Hall–Kier alpha value is -2.29. The maximum atomic E-state index is 12.9. The predicted molar refractivity (Wildman–Crippen MR) is 90.2 cm³/mol. The fourth-order valence-corrected chi connectivity index (χ4v) is 3.17. The molecule has 2 aromatic rings. The van der Waals surface area contributed by atoms with Gasteiger partial charge in [-0.25, -0.2) is 12.7 Å². The van der Waals surface area contributed by atoms with Gasteiger partial charge in [0.1, 0.15) is 0 Å². The van der Waals surface area contributed by atoms with E-state index in [1.165, 1.54) is 10.5 Å². The van der Waals surface area contributed by atoms with Crippen molar-refractivity contribution in [1.29, 1.82) is 0 Å². The molecule has 0 aliphatic rings. The highest BCUT2D eigenvalue weighted by atomic mass is 32.2. The second-order valence-electron chi connectivity index (χ2n) is 5.22. The molecular weight excluding hydrogens is 294 g/mol. The Balaban J connectivity index is 2.58. The van der Waals surface area contributed by atoms with Crippen LogP contribution in [-0.2, 0) is 10.0 Å². The molecule has 0 fully saturated rings. The van der Waals surface area contributed by atoms with Crippen LogP contribution in [0.5, 0.6) is 0 Å². The minimum absolute atomic E-state index is 0.258. The summed E-state index contributed by atoms with van der Waals surface area (Å²) in [6.45, 7) is 5.67. The summed E-state index contributed by atoms with van der Waals surface area (Å²) in [6.07, 6.45) is 1.47. The van der Waals surface area contributed by atoms with Gasteiger partial charge in [0, 0.05) is 0 Å². The summed E-state index contributed by atoms with van der Waals surface area (Å²) in [5, 5.41) is 0. The monoisotopic (exact) mass is 313 g/mol. The number of allylic oxidation sites excluding steroid dienone is 1. The van der Waals surface area contributed by atoms with Gasteiger partial charge in [-0.15, -0.1) is 5.73 Å². The van der Waals surface area contributed by atoms with Gasteiger partial charge in [-0.1, -0.05) is 35.9 Å². The molecule has 4 heteroatoms. The van der Waals surface area contributed by atoms with Crippen LogP contribution in [0.1, 0.15) is 19.4 Å². The molecule has 3 nitrogen and oxygen atoms in total. The Kier molecular flexibility index (Phi) is 4.86. The lowest BCUT2D eigenvalue weighted by atomic mass is 10.2. The van der Waals surface area contributed by atoms with Crippen LogP contribution in [0.15, 0.2) is 77.0 Å². The molecule has 2 rings (SSSR count). The van der Waals surface area contributed by atoms with Gasteiger partial charge < -0.3 is 0 Å². The molecule has 0 unspecified atom stereocenters. The van der Waals surface area contributed by atoms with Gasteiger partial charge in [-0.2, -0.15) is 0 Å². The number of rotatable bonds is 4. The van der Waals surface area contributed by atoms with E-state index in [0.717, 1.165) is 11.1 Å². The van der Waals surface area contributed by atoms with Crippen LogP contribution in [0.25, 0.3) is 0 Å². The van der Waals surface area contributed by atoms with E-state index >= 15 is 0 Å². The van der Waals surface area contributed by atoms with Crippen molar-refractivity contribution in [3.8, 4) is 0 Å². The van der Waals surface area contributed by atoms with Gasteiger partial charge >= 0.3 is 0 Å². The lowest BCUT2D eigenvalue weighted by molar-refractivity contribution is 0.596. The fourth-order valence-electron chi connectivity index (χ4n) is 1.87. The number of hydrogen-bond donors (Lipinski definition) is 0. The Bertz CT molecular complexity index is 796.